The number of ether oxygens (including phenoxy) is 2. The molecule has 3 nitrogen and oxygen atoms in total. The van der Waals surface area contributed by atoms with Crippen LogP contribution >= 0.6 is 0 Å². The lowest BCUT2D eigenvalue weighted by Gasteiger charge is -2.29. The van der Waals surface area contributed by atoms with Crippen molar-refractivity contribution in [1.82, 2.24) is 0 Å². The van der Waals surface area contributed by atoms with Gasteiger partial charge in [0.15, 0.2) is 5.79 Å². The molecule has 0 aromatic carbocycles. The lowest BCUT2D eigenvalue weighted by atomic mass is 9.93. The van der Waals surface area contributed by atoms with E-state index >= 15 is 0 Å². The van der Waals surface area contributed by atoms with Gasteiger partial charge in [0.25, 0.3) is 0 Å². The molecule has 0 aromatic heterocycles. The van der Waals surface area contributed by atoms with Crippen LogP contribution in [0.2, 0.25) is 0 Å². The van der Waals surface area contributed by atoms with E-state index in [4.69, 9.17) is 15.2 Å². The summed E-state index contributed by atoms with van der Waals surface area (Å²) in [6.07, 6.45) is -5.03. The molecule has 0 aliphatic carbocycles. The van der Waals surface area contributed by atoms with Crippen molar-refractivity contribution < 1.29 is 22.6 Å². The number of hydrogen-bond acceptors (Lipinski definition) is 3. The molecule has 1 heterocycles. The fourth-order valence-corrected chi connectivity index (χ4v) is 1.89. The minimum atomic E-state index is -4.29. The fourth-order valence-electron chi connectivity index (χ4n) is 1.89. The zero-order valence-electron chi connectivity index (χ0n) is 9.67. The van der Waals surface area contributed by atoms with Crippen molar-refractivity contribution in [3.05, 3.63) is 0 Å². The third-order valence-corrected chi connectivity index (χ3v) is 2.78. The van der Waals surface area contributed by atoms with Crippen LogP contribution in [0.15, 0.2) is 0 Å². The molecule has 0 spiro atoms. The van der Waals surface area contributed by atoms with Gasteiger partial charge in [-0.3, -0.25) is 0 Å². The van der Waals surface area contributed by atoms with Gasteiger partial charge in [0.2, 0.25) is 0 Å². The predicted molar refractivity (Wildman–Crippen MR) is 52.7 cm³/mol. The molecular weight excluding hydrogens is 223 g/mol. The van der Waals surface area contributed by atoms with Crippen molar-refractivity contribution in [2.24, 2.45) is 11.7 Å². The van der Waals surface area contributed by atoms with Crippen LogP contribution in [0, 0.1) is 5.92 Å². The summed E-state index contributed by atoms with van der Waals surface area (Å²) < 4.78 is 48.5. The number of nitrogens with two attached hydrogens (primary N) is 1. The molecule has 0 amide bonds. The Hall–Kier alpha value is -0.330. The van der Waals surface area contributed by atoms with Crippen LogP contribution < -0.4 is 5.73 Å². The summed E-state index contributed by atoms with van der Waals surface area (Å²) >= 11 is 0. The topological polar surface area (TPSA) is 44.5 Å². The van der Waals surface area contributed by atoms with Gasteiger partial charge < -0.3 is 15.2 Å². The highest BCUT2D eigenvalue weighted by molar-refractivity contribution is 4.88. The SMILES string of the molecule is CC[C@@H]([C@@H](N)[C@H]1COC(C)(C)O1)C(F)(F)F. The average Bonchev–Trinajstić information content (AvgIpc) is 2.44. The first-order valence-electron chi connectivity index (χ1n) is 5.31. The Morgan fingerprint density at radius 1 is 1.44 bits per heavy atom. The van der Waals surface area contributed by atoms with E-state index in [9.17, 15) is 13.2 Å². The van der Waals surface area contributed by atoms with Gasteiger partial charge in [-0.1, -0.05) is 6.92 Å². The molecule has 1 rings (SSSR count). The minimum absolute atomic E-state index is 0.0506. The normalized spacial score (nSPS) is 29.1. The molecule has 0 aromatic rings. The van der Waals surface area contributed by atoms with Crippen molar-refractivity contribution >= 4 is 0 Å². The van der Waals surface area contributed by atoms with Crippen LogP contribution in [0.25, 0.3) is 0 Å². The van der Waals surface area contributed by atoms with Crippen LogP contribution in [-0.4, -0.2) is 30.7 Å². The van der Waals surface area contributed by atoms with E-state index in [1.807, 2.05) is 0 Å². The first kappa shape index (κ1) is 13.7. The van der Waals surface area contributed by atoms with Crippen molar-refractivity contribution in [1.29, 1.82) is 0 Å². The average molecular weight is 241 g/mol. The zero-order valence-corrected chi connectivity index (χ0v) is 9.67. The molecule has 0 unspecified atom stereocenters. The van der Waals surface area contributed by atoms with Gasteiger partial charge in [0.1, 0.15) is 6.10 Å². The monoisotopic (exact) mass is 241 g/mol. The van der Waals surface area contributed by atoms with Crippen molar-refractivity contribution in [2.75, 3.05) is 6.61 Å². The Kier molecular flexibility index (Phi) is 3.87. The van der Waals surface area contributed by atoms with E-state index < -0.39 is 30.0 Å². The van der Waals surface area contributed by atoms with Gasteiger partial charge in [-0.15, -0.1) is 0 Å². The molecule has 1 saturated heterocycles. The predicted octanol–water partition coefficient (Wildman–Crippen LogP) is 2.05. The maximum absolute atomic E-state index is 12.6. The van der Waals surface area contributed by atoms with E-state index in [-0.39, 0.29) is 13.0 Å². The van der Waals surface area contributed by atoms with Crippen molar-refractivity contribution in [3.8, 4) is 0 Å². The van der Waals surface area contributed by atoms with Crippen LogP contribution in [0.5, 0.6) is 0 Å². The second-order valence-electron chi connectivity index (χ2n) is 4.50. The molecule has 6 heteroatoms. The van der Waals surface area contributed by atoms with E-state index in [1.54, 1.807) is 13.8 Å². The highest BCUT2D eigenvalue weighted by atomic mass is 19.4. The van der Waals surface area contributed by atoms with Gasteiger partial charge in [0, 0.05) is 6.04 Å². The molecular formula is C10H18F3NO2. The third kappa shape index (κ3) is 3.09. The van der Waals surface area contributed by atoms with Gasteiger partial charge in [0.05, 0.1) is 12.5 Å². The Bertz CT molecular complexity index is 243. The minimum Gasteiger partial charge on any atom is -0.348 e. The smallest absolute Gasteiger partial charge is 0.348 e. The van der Waals surface area contributed by atoms with Crippen LogP contribution in [0.1, 0.15) is 27.2 Å². The Morgan fingerprint density at radius 2 is 2.00 bits per heavy atom. The zero-order chi connectivity index (χ0) is 12.6. The summed E-state index contributed by atoms with van der Waals surface area (Å²) in [5, 5.41) is 0. The fraction of sp³-hybridized carbons (Fsp3) is 1.00. The molecule has 3 atom stereocenters. The molecule has 1 aliphatic rings. The Labute approximate surface area is 93.1 Å². The van der Waals surface area contributed by atoms with E-state index in [1.165, 1.54) is 6.92 Å². The molecule has 1 aliphatic heterocycles. The van der Waals surface area contributed by atoms with E-state index in [0.29, 0.717) is 0 Å². The maximum atomic E-state index is 12.6. The molecule has 1 fully saturated rings. The van der Waals surface area contributed by atoms with Gasteiger partial charge >= 0.3 is 6.18 Å². The Morgan fingerprint density at radius 3 is 2.31 bits per heavy atom. The highest BCUT2D eigenvalue weighted by Crippen LogP contribution is 2.35. The van der Waals surface area contributed by atoms with Crippen LogP contribution in [0.3, 0.4) is 0 Å². The van der Waals surface area contributed by atoms with Gasteiger partial charge in [-0.25, -0.2) is 0 Å². The second-order valence-corrected chi connectivity index (χ2v) is 4.50. The largest absolute Gasteiger partial charge is 0.393 e. The standard InChI is InChI=1S/C10H18F3NO2/c1-4-6(10(11,12)13)8(14)7-5-15-9(2,3)16-7/h6-8H,4-5,14H2,1-3H3/t6-,7+,8+/m0/s1. The lowest BCUT2D eigenvalue weighted by molar-refractivity contribution is -0.194. The first-order chi connectivity index (χ1) is 7.17. The summed E-state index contributed by atoms with van der Waals surface area (Å²) in [7, 11) is 0. The second kappa shape index (κ2) is 4.50. The van der Waals surface area contributed by atoms with E-state index in [2.05, 4.69) is 0 Å². The summed E-state index contributed by atoms with van der Waals surface area (Å²) in [4.78, 5) is 0. The number of halogens is 3. The molecule has 0 saturated carbocycles. The van der Waals surface area contributed by atoms with Crippen molar-refractivity contribution in [2.45, 2.75) is 51.3 Å². The summed E-state index contributed by atoms with van der Waals surface area (Å²) in [6, 6.07) is -1.08. The molecule has 96 valence electrons. The summed E-state index contributed by atoms with van der Waals surface area (Å²) in [6.45, 7) is 4.90. The third-order valence-electron chi connectivity index (χ3n) is 2.78. The molecule has 0 radical (unpaired) electrons. The molecule has 0 bridgehead atoms. The van der Waals surface area contributed by atoms with Gasteiger partial charge in [-0.05, 0) is 20.3 Å². The molecule has 16 heavy (non-hydrogen) atoms. The summed E-state index contributed by atoms with van der Waals surface area (Å²) in [5.74, 6) is -2.39. The number of hydrogen-bond donors (Lipinski definition) is 1. The van der Waals surface area contributed by atoms with Crippen molar-refractivity contribution in [3.63, 3.8) is 0 Å². The molecule has 2 N–H and O–H groups in total. The lowest BCUT2D eigenvalue weighted by Crippen LogP contribution is -2.48. The van der Waals surface area contributed by atoms with Crippen LogP contribution in [-0.2, 0) is 9.47 Å². The number of alkyl halides is 3. The first-order valence-corrected chi connectivity index (χ1v) is 5.31. The highest BCUT2D eigenvalue weighted by Gasteiger charge is 2.48. The number of rotatable bonds is 3. The van der Waals surface area contributed by atoms with Crippen LogP contribution in [0.4, 0.5) is 13.2 Å². The van der Waals surface area contributed by atoms with Gasteiger partial charge in [-0.2, -0.15) is 13.2 Å². The quantitative estimate of drug-likeness (QED) is 0.822. The maximum Gasteiger partial charge on any atom is 0.393 e. The van der Waals surface area contributed by atoms with E-state index in [0.717, 1.165) is 0 Å². The summed E-state index contributed by atoms with van der Waals surface area (Å²) in [5.41, 5.74) is 5.62. The Balaban J connectivity index is 2.67.